The Kier molecular flexibility index (Phi) is 3.39. The predicted molar refractivity (Wildman–Crippen MR) is 85.9 cm³/mol. The van der Waals surface area contributed by atoms with Gasteiger partial charge in [0.25, 0.3) is 0 Å². The Labute approximate surface area is 136 Å². The summed E-state index contributed by atoms with van der Waals surface area (Å²) in [6.45, 7) is 0. The van der Waals surface area contributed by atoms with Gasteiger partial charge in [0.1, 0.15) is 12.2 Å². The van der Waals surface area contributed by atoms with Crippen molar-refractivity contribution in [2.45, 2.75) is 61.9 Å². The van der Waals surface area contributed by atoms with Crippen molar-refractivity contribution in [1.29, 1.82) is 0 Å². The van der Waals surface area contributed by atoms with Gasteiger partial charge in [-0.1, -0.05) is 30.3 Å². The van der Waals surface area contributed by atoms with Crippen LogP contribution in [0, 0.1) is 0 Å². The topological polar surface area (TPSA) is 64.0 Å². The van der Waals surface area contributed by atoms with E-state index < -0.39 is 23.8 Å². The minimum Gasteiger partial charge on any atom is -0.388 e. The number of carbonyl (C=O) groups excluding carboxylic acids is 1. The van der Waals surface area contributed by atoms with Gasteiger partial charge in [-0.2, -0.15) is 0 Å². The molecule has 0 radical (unpaired) electrons. The molecule has 5 nitrogen and oxygen atoms in total. The maximum atomic E-state index is 13.0. The maximum Gasteiger partial charge on any atom is 0.320 e. The monoisotopic (exact) mass is 316 g/mol. The van der Waals surface area contributed by atoms with E-state index in [1.54, 1.807) is 11.9 Å². The van der Waals surface area contributed by atoms with Crippen LogP contribution in [-0.4, -0.2) is 62.9 Å². The molecule has 0 saturated carbocycles. The quantitative estimate of drug-likeness (QED) is 0.866. The molecule has 2 amide bonds. The van der Waals surface area contributed by atoms with E-state index >= 15 is 0 Å². The molecule has 3 aliphatic heterocycles. The number of nitrogens with zero attached hydrogens (tertiary/aromatic N) is 2. The van der Waals surface area contributed by atoms with E-state index in [0.717, 1.165) is 31.2 Å². The second kappa shape index (κ2) is 5.21. The van der Waals surface area contributed by atoms with Gasteiger partial charge in [0.2, 0.25) is 0 Å². The number of rotatable bonds is 2. The minimum atomic E-state index is -0.925. The fourth-order valence-electron chi connectivity index (χ4n) is 4.93. The molecule has 124 valence electrons. The summed E-state index contributed by atoms with van der Waals surface area (Å²) in [4.78, 5) is 16.5. The molecule has 3 heterocycles. The third kappa shape index (κ3) is 2.03. The lowest BCUT2D eigenvalue weighted by atomic mass is 9.79. The SMILES string of the molecule is CN1C(=O)N2C3CCC2(CC3)[C@@H](O)[C@@H](O)[C@H]1Cc1ccccc1. The first-order chi connectivity index (χ1) is 11.0. The van der Waals surface area contributed by atoms with Gasteiger partial charge in [-0.05, 0) is 37.7 Å². The van der Waals surface area contributed by atoms with Crippen LogP contribution in [0.15, 0.2) is 30.3 Å². The number of hydrogen-bond acceptors (Lipinski definition) is 3. The van der Waals surface area contributed by atoms with Gasteiger partial charge in [0, 0.05) is 13.1 Å². The van der Waals surface area contributed by atoms with Crippen LogP contribution in [0.4, 0.5) is 4.79 Å². The minimum absolute atomic E-state index is 0.0402. The maximum absolute atomic E-state index is 13.0. The van der Waals surface area contributed by atoms with E-state index in [1.165, 1.54) is 0 Å². The zero-order valence-electron chi connectivity index (χ0n) is 13.4. The molecule has 3 atom stereocenters. The molecule has 1 aromatic carbocycles. The Bertz CT molecular complexity index is 598. The number of aliphatic hydroxyl groups is 2. The zero-order valence-corrected chi connectivity index (χ0v) is 13.4. The Morgan fingerprint density at radius 3 is 2.48 bits per heavy atom. The largest absolute Gasteiger partial charge is 0.388 e. The molecule has 23 heavy (non-hydrogen) atoms. The van der Waals surface area contributed by atoms with Crippen LogP contribution in [-0.2, 0) is 6.42 Å². The summed E-state index contributed by atoms with van der Waals surface area (Å²) in [5.74, 6) is 0. The van der Waals surface area contributed by atoms with Crippen molar-refractivity contribution in [3.8, 4) is 0 Å². The molecule has 0 unspecified atom stereocenters. The molecule has 2 N–H and O–H groups in total. The van der Waals surface area contributed by atoms with Crippen LogP contribution in [0.3, 0.4) is 0 Å². The number of hydrogen-bond donors (Lipinski definition) is 2. The lowest BCUT2D eigenvalue weighted by Gasteiger charge is -2.38. The highest BCUT2D eigenvalue weighted by Crippen LogP contribution is 2.51. The lowest BCUT2D eigenvalue weighted by Crippen LogP contribution is -2.55. The average Bonchev–Trinajstić information content (AvgIpc) is 3.13. The Morgan fingerprint density at radius 1 is 1.17 bits per heavy atom. The molecule has 2 bridgehead atoms. The van der Waals surface area contributed by atoms with Gasteiger partial charge in [0.05, 0.1) is 11.6 Å². The van der Waals surface area contributed by atoms with Gasteiger partial charge in [-0.3, -0.25) is 0 Å². The highest BCUT2D eigenvalue weighted by atomic mass is 16.3. The number of amides is 2. The molecule has 4 rings (SSSR count). The summed E-state index contributed by atoms with van der Waals surface area (Å²) in [7, 11) is 1.75. The first-order valence-electron chi connectivity index (χ1n) is 8.51. The van der Waals surface area contributed by atoms with Crippen LogP contribution in [0.2, 0.25) is 0 Å². The third-order valence-corrected chi connectivity index (χ3v) is 6.23. The molecule has 0 aromatic heterocycles. The van der Waals surface area contributed by atoms with E-state index in [4.69, 9.17) is 0 Å². The molecule has 3 aliphatic rings. The summed E-state index contributed by atoms with van der Waals surface area (Å²) in [6, 6.07) is 9.63. The van der Waals surface area contributed by atoms with Crippen LogP contribution < -0.4 is 0 Å². The Balaban J connectivity index is 1.69. The molecule has 0 aliphatic carbocycles. The van der Waals surface area contributed by atoms with Crippen LogP contribution in [0.5, 0.6) is 0 Å². The highest BCUT2D eigenvalue weighted by Gasteiger charge is 2.62. The number of benzene rings is 1. The fourth-order valence-corrected chi connectivity index (χ4v) is 4.93. The lowest BCUT2D eigenvalue weighted by molar-refractivity contribution is -0.0653. The normalized spacial score (nSPS) is 39.5. The van der Waals surface area contributed by atoms with E-state index in [-0.39, 0.29) is 12.1 Å². The van der Waals surface area contributed by atoms with Crippen molar-refractivity contribution in [1.82, 2.24) is 9.80 Å². The molecule has 1 aromatic rings. The number of aliphatic hydroxyl groups excluding tert-OH is 2. The van der Waals surface area contributed by atoms with Gasteiger partial charge in [-0.15, -0.1) is 0 Å². The van der Waals surface area contributed by atoms with Crippen molar-refractivity contribution in [2.24, 2.45) is 0 Å². The van der Waals surface area contributed by atoms with E-state index in [2.05, 4.69) is 0 Å². The predicted octanol–water partition coefficient (Wildman–Crippen LogP) is 1.38. The van der Waals surface area contributed by atoms with Gasteiger partial charge in [-0.25, -0.2) is 4.79 Å². The van der Waals surface area contributed by atoms with Crippen molar-refractivity contribution >= 4 is 6.03 Å². The smallest absolute Gasteiger partial charge is 0.320 e. The first-order valence-corrected chi connectivity index (χ1v) is 8.51. The zero-order chi connectivity index (χ0) is 16.2. The standard InChI is InChI=1S/C18H24N2O3/c1-19-14(11-12-5-3-2-4-6-12)15(21)16(22)18-9-7-13(8-10-18)20(18)17(19)23/h2-6,13-16,21-22H,7-11H2,1H3/t13?,14-,15+,16+,18?/m1/s1. The molecular formula is C18H24N2O3. The van der Waals surface area contributed by atoms with Crippen LogP contribution in [0.25, 0.3) is 0 Å². The molecular weight excluding hydrogens is 292 g/mol. The fraction of sp³-hybridized carbons (Fsp3) is 0.611. The summed E-state index contributed by atoms with van der Waals surface area (Å²) < 4.78 is 0. The molecule has 3 saturated heterocycles. The molecule has 3 fully saturated rings. The van der Waals surface area contributed by atoms with E-state index in [9.17, 15) is 15.0 Å². The average molecular weight is 316 g/mol. The first kappa shape index (κ1) is 15.0. The van der Waals surface area contributed by atoms with Gasteiger partial charge >= 0.3 is 6.03 Å². The Morgan fingerprint density at radius 2 is 1.83 bits per heavy atom. The second-order valence-corrected chi connectivity index (χ2v) is 7.29. The van der Waals surface area contributed by atoms with Crippen LogP contribution in [0.1, 0.15) is 31.2 Å². The number of carbonyl (C=O) groups is 1. The second-order valence-electron chi connectivity index (χ2n) is 7.29. The summed E-state index contributed by atoms with van der Waals surface area (Å²) in [6.07, 6.45) is 2.22. The van der Waals surface area contributed by atoms with Crippen LogP contribution >= 0.6 is 0 Å². The highest BCUT2D eigenvalue weighted by molar-refractivity contribution is 5.77. The Hall–Kier alpha value is -1.59. The van der Waals surface area contributed by atoms with Crippen molar-refractivity contribution in [3.05, 3.63) is 35.9 Å². The van der Waals surface area contributed by atoms with Crippen molar-refractivity contribution in [3.63, 3.8) is 0 Å². The van der Waals surface area contributed by atoms with E-state index in [0.29, 0.717) is 6.42 Å². The van der Waals surface area contributed by atoms with Crippen molar-refractivity contribution < 1.29 is 15.0 Å². The number of likely N-dealkylation sites (N-methyl/N-ethyl adjacent to an activating group) is 1. The van der Waals surface area contributed by atoms with Crippen molar-refractivity contribution in [2.75, 3.05) is 7.05 Å². The molecule has 0 spiro atoms. The van der Waals surface area contributed by atoms with Gasteiger partial charge < -0.3 is 20.0 Å². The van der Waals surface area contributed by atoms with E-state index in [1.807, 2.05) is 35.2 Å². The summed E-state index contributed by atoms with van der Waals surface area (Å²) >= 11 is 0. The third-order valence-electron chi connectivity index (χ3n) is 6.23. The van der Waals surface area contributed by atoms with Gasteiger partial charge in [0.15, 0.2) is 0 Å². The summed E-state index contributed by atoms with van der Waals surface area (Å²) in [5, 5.41) is 21.8. The molecule has 5 heteroatoms. The number of urea groups is 1. The summed E-state index contributed by atoms with van der Waals surface area (Å²) in [5.41, 5.74) is 0.508.